The van der Waals surface area contributed by atoms with Crippen molar-refractivity contribution in [2.45, 2.75) is 32.1 Å². The fraction of sp³-hybridized carbons (Fsp3) is 0.412. The molecule has 0 aliphatic rings. The molecule has 2 N–H and O–H groups in total. The molecule has 2 aromatic rings. The molecule has 0 saturated carbocycles. The molecule has 0 fully saturated rings. The highest BCUT2D eigenvalue weighted by molar-refractivity contribution is 7.92. The summed E-state index contributed by atoms with van der Waals surface area (Å²) >= 11 is 0. The minimum atomic E-state index is -3.72. The van der Waals surface area contributed by atoms with Gasteiger partial charge in [-0.1, -0.05) is 17.7 Å². The molecule has 0 amide bonds. The predicted molar refractivity (Wildman–Crippen MR) is 98.5 cm³/mol. The van der Waals surface area contributed by atoms with E-state index in [1.807, 2.05) is 19.1 Å². The molecule has 0 atom stereocenters. The molecule has 8 heteroatoms. The van der Waals surface area contributed by atoms with Gasteiger partial charge in [-0.3, -0.25) is 4.72 Å². The Labute approximate surface area is 148 Å². The van der Waals surface area contributed by atoms with Gasteiger partial charge < -0.3 is 10.1 Å². The molecule has 0 bridgehead atoms. The summed E-state index contributed by atoms with van der Waals surface area (Å²) in [4.78, 5) is 0.279. The number of nitrogens with one attached hydrogen (secondary N) is 2. The van der Waals surface area contributed by atoms with E-state index in [-0.39, 0.29) is 10.7 Å². The molecule has 1 heterocycles. The third-order valence-corrected chi connectivity index (χ3v) is 5.27. The molecule has 0 spiro atoms. The van der Waals surface area contributed by atoms with Crippen molar-refractivity contribution in [2.75, 3.05) is 30.3 Å². The molecule has 1 aromatic carbocycles. The first kappa shape index (κ1) is 19.1. The van der Waals surface area contributed by atoms with Crippen LogP contribution in [-0.2, 0) is 14.8 Å². The maximum Gasteiger partial charge on any atom is 0.263 e. The Bertz CT molecular complexity index is 797. The SMILES string of the molecule is COCCCNc1ccc(NS(=O)(=O)c2c(C)cc(C)cc2C)nn1. The highest BCUT2D eigenvalue weighted by Crippen LogP contribution is 2.23. The van der Waals surface area contributed by atoms with Crippen LogP contribution in [-0.4, -0.2) is 38.9 Å². The van der Waals surface area contributed by atoms with E-state index in [0.717, 1.165) is 12.0 Å². The van der Waals surface area contributed by atoms with Crippen LogP contribution in [0.4, 0.5) is 11.6 Å². The number of ether oxygens (including phenoxy) is 1. The van der Waals surface area contributed by atoms with Gasteiger partial charge in [0.2, 0.25) is 0 Å². The summed E-state index contributed by atoms with van der Waals surface area (Å²) in [5, 5.41) is 11.0. The largest absolute Gasteiger partial charge is 0.385 e. The standard InChI is InChI=1S/C17H24N4O3S/c1-12-10-13(2)17(14(3)11-12)25(22,23)21-16-7-6-15(19-20-16)18-8-5-9-24-4/h6-7,10-11H,5,8-9H2,1-4H3,(H,18,19)(H,20,21). The summed E-state index contributed by atoms with van der Waals surface area (Å²) < 4.78 is 32.8. The lowest BCUT2D eigenvalue weighted by Gasteiger charge is -2.13. The average molecular weight is 364 g/mol. The van der Waals surface area contributed by atoms with E-state index in [9.17, 15) is 8.42 Å². The van der Waals surface area contributed by atoms with Crippen LogP contribution in [0.15, 0.2) is 29.2 Å². The monoisotopic (exact) mass is 364 g/mol. The highest BCUT2D eigenvalue weighted by atomic mass is 32.2. The van der Waals surface area contributed by atoms with Crippen LogP contribution in [0, 0.1) is 20.8 Å². The third-order valence-electron chi connectivity index (χ3n) is 3.61. The van der Waals surface area contributed by atoms with Gasteiger partial charge in [0.1, 0.15) is 5.82 Å². The quantitative estimate of drug-likeness (QED) is 0.700. The molecule has 1 aromatic heterocycles. The fourth-order valence-electron chi connectivity index (χ4n) is 2.69. The van der Waals surface area contributed by atoms with E-state index in [4.69, 9.17) is 4.74 Å². The van der Waals surface area contributed by atoms with Crippen LogP contribution in [0.3, 0.4) is 0 Å². The second-order valence-electron chi connectivity index (χ2n) is 5.91. The van der Waals surface area contributed by atoms with Gasteiger partial charge in [-0.2, -0.15) is 0 Å². The molecule has 0 unspecified atom stereocenters. The Morgan fingerprint density at radius 3 is 2.20 bits per heavy atom. The van der Waals surface area contributed by atoms with Gasteiger partial charge in [-0.05, 0) is 50.5 Å². The van der Waals surface area contributed by atoms with Gasteiger partial charge in [0, 0.05) is 20.3 Å². The van der Waals surface area contributed by atoms with Gasteiger partial charge in [0.15, 0.2) is 5.82 Å². The second kappa shape index (κ2) is 8.26. The van der Waals surface area contributed by atoms with Gasteiger partial charge in [0.05, 0.1) is 4.90 Å². The van der Waals surface area contributed by atoms with Crippen LogP contribution >= 0.6 is 0 Å². The van der Waals surface area contributed by atoms with Crippen LogP contribution in [0.1, 0.15) is 23.1 Å². The van der Waals surface area contributed by atoms with Crippen molar-refractivity contribution in [3.8, 4) is 0 Å². The maximum atomic E-state index is 12.7. The zero-order valence-corrected chi connectivity index (χ0v) is 15.8. The number of aromatic nitrogens is 2. The first-order valence-electron chi connectivity index (χ1n) is 8.00. The summed E-state index contributed by atoms with van der Waals surface area (Å²) in [7, 11) is -2.07. The lowest BCUT2D eigenvalue weighted by Crippen LogP contribution is -2.17. The van der Waals surface area contributed by atoms with Crippen LogP contribution in [0.2, 0.25) is 0 Å². The molecule has 0 saturated heterocycles. The van der Waals surface area contributed by atoms with Crippen LogP contribution < -0.4 is 10.0 Å². The van der Waals surface area contributed by atoms with E-state index in [1.54, 1.807) is 33.1 Å². The molecule has 0 radical (unpaired) electrons. The summed E-state index contributed by atoms with van der Waals surface area (Å²) in [5.41, 5.74) is 2.43. The fourth-order valence-corrected chi connectivity index (χ4v) is 4.15. The number of nitrogens with zero attached hydrogens (tertiary/aromatic N) is 2. The Hall–Kier alpha value is -2.19. The second-order valence-corrected chi connectivity index (χ2v) is 7.53. The van der Waals surface area contributed by atoms with Crippen molar-refractivity contribution in [3.05, 3.63) is 41.0 Å². The Morgan fingerprint density at radius 1 is 1.04 bits per heavy atom. The van der Waals surface area contributed by atoms with Gasteiger partial charge in [-0.15, -0.1) is 10.2 Å². The summed E-state index contributed by atoms with van der Waals surface area (Å²) in [5.74, 6) is 0.767. The number of hydrogen-bond donors (Lipinski definition) is 2. The van der Waals surface area contributed by atoms with Crippen molar-refractivity contribution in [1.82, 2.24) is 10.2 Å². The Balaban J connectivity index is 2.11. The van der Waals surface area contributed by atoms with Gasteiger partial charge in [-0.25, -0.2) is 8.42 Å². The number of rotatable bonds is 8. The molecule has 2 rings (SSSR count). The summed E-state index contributed by atoms with van der Waals surface area (Å²) in [6, 6.07) is 6.97. The minimum absolute atomic E-state index is 0.182. The van der Waals surface area contributed by atoms with Crippen molar-refractivity contribution >= 4 is 21.7 Å². The summed E-state index contributed by atoms with van der Waals surface area (Å²) in [6.45, 7) is 6.87. The Morgan fingerprint density at radius 2 is 1.64 bits per heavy atom. The lowest BCUT2D eigenvalue weighted by atomic mass is 10.1. The van der Waals surface area contributed by atoms with Crippen molar-refractivity contribution in [1.29, 1.82) is 0 Å². The van der Waals surface area contributed by atoms with E-state index in [2.05, 4.69) is 20.2 Å². The Kier molecular flexibility index (Phi) is 6.33. The number of anilines is 2. The van der Waals surface area contributed by atoms with Gasteiger partial charge in [0.25, 0.3) is 10.0 Å². The topological polar surface area (TPSA) is 93.2 Å². The normalized spacial score (nSPS) is 11.4. The number of benzene rings is 1. The molecular formula is C17H24N4O3S. The predicted octanol–water partition coefficient (Wildman–Crippen LogP) is 2.65. The van der Waals surface area contributed by atoms with Crippen LogP contribution in [0.25, 0.3) is 0 Å². The van der Waals surface area contributed by atoms with Gasteiger partial charge >= 0.3 is 0 Å². The molecule has 0 aliphatic carbocycles. The molecule has 7 nitrogen and oxygen atoms in total. The number of sulfonamides is 1. The highest BCUT2D eigenvalue weighted by Gasteiger charge is 2.20. The lowest BCUT2D eigenvalue weighted by molar-refractivity contribution is 0.197. The molecule has 136 valence electrons. The van der Waals surface area contributed by atoms with E-state index < -0.39 is 10.0 Å². The third kappa shape index (κ3) is 5.14. The van der Waals surface area contributed by atoms with E-state index in [0.29, 0.717) is 30.1 Å². The number of methoxy groups -OCH3 is 1. The smallest absolute Gasteiger partial charge is 0.263 e. The molecule has 25 heavy (non-hydrogen) atoms. The van der Waals surface area contributed by atoms with E-state index >= 15 is 0 Å². The zero-order chi connectivity index (χ0) is 18.4. The first-order chi connectivity index (χ1) is 11.8. The van der Waals surface area contributed by atoms with Crippen molar-refractivity contribution < 1.29 is 13.2 Å². The number of hydrogen-bond acceptors (Lipinski definition) is 6. The molecular weight excluding hydrogens is 340 g/mol. The minimum Gasteiger partial charge on any atom is -0.385 e. The number of aryl methyl sites for hydroxylation is 3. The van der Waals surface area contributed by atoms with Crippen molar-refractivity contribution in [2.24, 2.45) is 0 Å². The van der Waals surface area contributed by atoms with Crippen molar-refractivity contribution in [3.63, 3.8) is 0 Å². The average Bonchev–Trinajstić information content (AvgIpc) is 2.51. The zero-order valence-electron chi connectivity index (χ0n) is 15.0. The van der Waals surface area contributed by atoms with Crippen LogP contribution in [0.5, 0.6) is 0 Å². The maximum absolute atomic E-state index is 12.7. The van der Waals surface area contributed by atoms with E-state index in [1.165, 1.54) is 0 Å². The first-order valence-corrected chi connectivity index (χ1v) is 9.49. The molecule has 0 aliphatic heterocycles. The summed E-state index contributed by atoms with van der Waals surface area (Å²) in [6.07, 6.45) is 0.846.